The molecule has 2 aromatic rings. The highest BCUT2D eigenvalue weighted by Gasteiger charge is 2.36. The number of hydrogen-bond donors (Lipinski definition) is 2. The molecule has 0 saturated carbocycles. The van der Waals surface area contributed by atoms with Crippen molar-refractivity contribution in [3.8, 4) is 0 Å². The highest BCUT2D eigenvalue weighted by Crippen LogP contribution is 2.39. The molecule has 0 bridgehead atoms. The van der Waals surface area contributed by atoms with Gasteiger partial charge in [0.25, 0.3) is 0 Å². The van der Waals surface area contributed by atoms with Crippen LogP contribution >= 0.6 is 0 Å². The van der Waals surface area contributed by atoms with Gasteiger partial charge in [0.1, 0.15) is 5.82 Å². The normalized spacial score (nSPS) is 16.2. The maximum Gasteiger partial charge on any atom is 0.418 e. The minimum atomic E-state index is -4.72. The Morgan fingerprint density at radius 1 is 1.07 bits per heavy atom. The summed E-state index contributed by atoms with van der Waals surface area (Å²) in [5.74, 6) is -0.386. The number of hydrogen-bond acceptors (Lipinski definition) is 4. The molecular weight excluding hydrogens is 398 g/mol. The summed E-state index contributed by atoms with van der Waals surface area (Å²) in [5.41, 5.74) is -0.779. The van der Waals surface area contributed by atoms with Crippen LogP contribution in [0.15, 0.2) is 47.4 Å². The number of halogens is 4. The van der Waals surface area contributed by atoms with E-state index in [1.807, 2.05) is 0 Å². The van der Waals surface area contributed by atoms with Crippen molar-refractivity contribution in [2.24, 2.45) is 5.14 Å². The summed E-state index contributed by atoms with van der Waals surface area (Å²) < 4.78 is 76.9. The largest absolute Gasteiger partial charge is 0.418 e. The van der Waals surface area contributed by atoms with Crippen molar-refractivity contribution in [1.82, 2.24) is 0 Å². The first-order valence-corrected chi connectivity index (χ1v) is 10.1. The Morgan fingerprint density at radius 3 is 2.29 bits per heavy atom. The van der Waals surface area contributed by atoms with Crippen molar-refractivity contribution in [1.29, 1.82) is 0 Å². The second-order valence-corrected chi connectivity index (χ2v) is 8.17. The third-order valence-electron chi connectivity index (χ3n) is 4.67. The molecule has 0 aromatic heterocycles. The zero-order chi connectivity index (χ0) is 20.5. The van der Waals surface area contributed by atoms with Gasteiger partial charge < -0.3 is 10.2 Å². The standard InChI is InChI=1S/C18H19F4N3O2S/c19-15-3-1-2-4-16(15)24-12-7-9-25(10-8-12)17-6-5-13(28(23,26)27)11-14(17)18(20,21)22/h1-6,11-12,24H,7-10H2,(H2,23,26,27). The van der Waals surface area contributed by atoms with Gasteiger partial charge in [0, 0.05) is 24.8 Å². The molecule has 0 spiro atoms. The lowest BCUT2D eigenvalue weighted by atomic mass is 10.0. The molecule has 1 heterocycles. The number of primary sulfonamides is 1. The summed E-state index contributed by atoms with van der Waals surface area (Å²) in [6.07, 6.45) is -3.72. The Bertz CT molecular complexity index is 956. The number of nitrogens with zero attached hydrogens (tertiary/aromatic N) is 1. The fourth-order valence-corrected chi connectivity index (χ4v) is 3.80. The third-order valence-corrected chi connectivity index (χ3v) is 5.58. The Morgan fingerprint density at radius 2 is 1.71 bits per heavy atom. The average molecular weight is 417 g/mol. The smallest absolute Gasteiger partial charge is 0.380 e. The van der Waals surface area contributed by atoms with E-state index in [1.54, 1.807) is 23.1 Å². The molecule has 2 aromatic carbocycles. The van der Waals surface area contributed by atoms with E-state index in [1.165, 1.54) is 6.07 Å². The number of rotatable bonds is 4. The van der Waals surface area contributed by atoms with Crippen molar-refractivity contribution >= 4 is 21.4 Å². The molecular formula is C18H19F4N3O2S. The van der Waals surface area contributed by atoms with Crippen LogP contribution in [0.25, 0.3) is 0 Å². The van der Waals surface area contributed by atoms with E-state index in [0.717, 1.165) is 12.1 Å². The van der Waals surface area contributed by atoms with Crippen molar-refractivity contribution < 1.29 is 26.0 Å². The van der Waals surface area contributed by atoms with Gasteiger partial charge in [-0.25, -0.2) is 17.9 Å². The van der Waals surface area contributed by atoms with Gasteiger partial charge in [-0.15, -0.1) is 0 Å². The van der Waals surface area contributed by atoms with E-state index >= 15 is 0 Å². The van der Waals surface area contributed by atoms with Crippen LogP contribution in [-0.4, -0.2) is 27.5 Å². The maximum atomic E-state index is 13.7. The molecule has 28 heavy (non-hydrogen) atoms. The van der Waals surface area contributed by atoms with Crippen LogP contribution in [0.4, 0.5) is 28.9 Å². The van der Waals surface area contributed by atoms with E-state index in [-0.39, 0.29) is 17.5 Å². The highest BCUT2D eigenvalue weighted by molar-refractivity contribution is 7.89. The first-order chi connectivity index (χ1) is 13.1. The van der Waals surface area contributed by atoms with E-state index in [9.17, 15) is 26.0 Å². The predicted molar refractivity (Wildman–Crippen MR) is 98.1 cm³/mol. The number of benzene rings is 2. The number of anilines is 2. The highest BCUT2D eigenvalue weighted by atomic mass is 32.2. The molecule has 3 N–H and O–H groups in total. The lowest BCUT2D eigenvalue weighted by molar-refractivity contribution is -0.137. The number of sulfonamides is 1. The molecule has 10 heteroatoms. The molecule has 0 aliphatic carbocycles. The van der Waals surface area contributed by atoms with Gasteiger partial charge in [0.2, 0.25) is 10.0 Å². The maximum absolute atomic E-state index is 13.7. The molecule has 1 aliphatic rings. The van der Waals surface area contributed by atoms with Crippen LogP contribution in [0.3, 0.4) is 0 Å². The molecule has 0 amide bonds. The van der Waals surface area contributed by atoms with Gasteiger partial charge in [0.15, 0.2) is 0 Å². The topological polar surface area (TPSA) is 75.4 Å². The van der Waals surface area contributed by atoms with Crippen molar-refractivity contribution in [2.45, 2.75) is 30.0 Å². The summed E-state index contributed by atoms with van der Waals surface area (Å²) in [4.78, 5) is 0.967. The first-order valence-electron chi connectivity index (χ1n) is 8.56. The van der Waals surface area contributed by atoms with Gasteiger partial charge in [-0.3, -0.25) is 0 Å². The van der Waals surface area contributed by atoms with E-state index in [2.05, 4.69) is 5.32 Å². The lowest BCUT2D eigenvalue weighted by Gasteiger charge is -2.35. The lowest BCUT2D eigenvalue weighted by Crippen LogP contribution is -2.40. The molecule has 1 saturated heterocycles. The van der Waals surface area contributed by atoms with Crippen LogP contribution in [0.5, 0.6) is 0 Å². The molecule has 5 nitrogen and oxygen atoms in total. The minimum absolute atomic E-state index is 0.0776. The number of para-hydroxylation sites is 1. The minimum Gasteiger partial charge on any atom is -0.380 e. The van der Waals surface area contributed by atoms with E-state index in [4.69, 9.17) is 5.14 Å². The van der Waals surface area contributed by atoms with Gasteiger partial charge in [-0.05, 0) is 43.2 Å². The molecule has 1 aliphatic heterocycles. The molecule has 3 rings (SSSR count). The second kappa shape index (κ2) is 7.59. The zero-order valence-corrected chi connectivity index (χ0v) is 15.5. The summed E-state index contributed by atoms with van der Waals surface area (Å²) in [5, 5.41) is 8.03. The molecule has 1 fully saturated rings. The Hall–Kier alpha value is -2.33. The summed E-state index contributed by atoms with van der Waals surface area (Å²) in [6, 6.07) is 8.91. The molecule has 0 unspecified atom stereocenters. The van der Waals surface area contributed by atoms with Crippen molar-refractivity contribution in [3.63, 3.8) is 0 Å². The average Bonchev–Trinajstić information content (AvgIpc) is 2.62. The first kappa shape index (κ1) is 20.4. The molecule has 0 radical (unpaired) electrons. The number of nitrogens with one attached hydrogen (secondary N) is 1. The van der Waals surface area contributed by atoms with Gasteiger partial charge in [-0.2, -0.15) is 13.2 Å². The summed E-state index contributed by atoms with van der Waals surface area (Å²) in [7, 11) is -4.24. The van der Waals surface area contributed by atoms with Gasteiger partial charge in [0.05, 0.1) is 16.1 Å². The van der Waals surface area contributed by atoms with Gasteiger partial charge in [-0.1, -0.05) is 12.1 Å². The van der Waals surface area contributed by atoms with Gasteiger partial charge >= 0.3 is 6.18 Å². The number of alkyl halides is 3. The zero-order valence-electron chi connectivity index (χ0n) is 14.7. The van der Waals surface area contributed by atoms with Crippen LogP contribution in [0.2, 0.25) is 0 Å². The van der Waals surface area contributed by atoms with Crippen molar-refractivity contribution in [2.75, 3.05) is 23.3 Å². The van der Waals surface area contributed by atoms with Crippen LogP contribution < -0.4 is 15.4 Å². The fraction of sp³-hybridized carbons (Fsp3) is 0.333. The second-order valence-electron chi connectivity index (χ2n) is 6.61. The Kier molecular flexibility index (Phi) is 5.53. The third kappa shape index (κ3) is 4.56. The Labute approximate surface area is 160 Å². The monoisotopic (exact) mass is 417 g/mol. The van der Waals surface area contributed by atoms with E-state index in [0.29, 0.717) is 37.7 Å². The summed E-state index contributed by atoms with van der Waals surface area (Å²) >= 11 is 0. The fourth-order valence-electron chi connectivity index (χ4n) is 3.26. The van der Waals surface area contributed by atoms with Crippen LogP contribution in [-0.2, 0) is 16.2 Å². The number of piperidine rings is 1. The molecule has 152 valence electrons. The van der Waals surface area contributed by atoms with Crippen molar-refractivity contribution in [3.05, 3.63) is 53.8 Å². The van der Waals surface area contributed by atoms with E-state index < -0.39 is 26.7 Å². The number of nitrogens with two attached hydrogens (primary N) is 1. The predicted octanol–water partition coefficient (Wildman–Crippen LogP) is 3.57. The SMILES string of the molecule is NS(=O)(=O)c1ccc(N2CCC(Nc3ccccc3F)CC2)c(C(F)(F)F)c1. The summed E-state index contributed by atoms with van der Waals surface area (Å²) in [6.45, 7) is 0.619. The Balaban J connectivity index is 1.77. The van der Waals surface area contributed by atoms with Crippen LogP contribution in [0, 0.1) is 5.82 Å². The van der Waals surface area contributed by atoms with Crippen LogP contribution in [0.1, 0.15) is 18.4 Å². The quantitative estimate of drug-likeness (QED) is 0.746. The molecule has 0 atom stereocenters.